The minimum atomic E-state index is -3.33. The Balaban J connectivity index is 1.81. The zero-order valence-corrected chi connectivity index (χ0v) is 11.5. The molecule has 0 radical (unpaired) electrons. The van der Waals surface area contributed by atoms with Crippen LogP contribution in [0.25, 0.3) is 0 Å². The smallest absolute Gasteiger partial charge is 0.324 e. The highest BCUT2D eigenvalue weighted by atomic mass is 32.2. The summed E-state index contributed by atoms with van der Waals surface area (Å²) >= 11 is 0. The summed E-state index contributed by atoms with van der Waals surface area (Å²) in [5.74, 6) is -0.318. The first-order valence-corrected chi connectivity index (χ1v) is 8.12. The summed E-state index contributed by atoms with van der Waals surface area (Å²) in [5, 5.41) is 2.06. The molecule has 1 saturated heterocycles. The van der Waals surface area contributed by atoms with Crippen LogP contribution in [0.4, 0.5) is 4.79 Å². The average Bonchev–Trinajstić information content (AvgIpc) is 2.71. The van der Waals surface area contributed by atoms with Gasteiger partial charge in [-0.05, 0) is 12.8 Å². The van der Waals surface area contributed by atoms with Crippen LogP contribution in [0.2, 0.25) is 0 Å². The summed E-state index contributed by atoms with van der Waals surface area (Å²) in [5.41, 5.74) is 0. The molecule has 0 aromatic heterocycles. The van der Waals surface area contributed by atoms with Gasteiger partial charge in [0.2, 0.25) is 15.9 Å². The van der Waals surface area contributed by atoms with Gasteiger partial charge in [-0.2, -0.15) is 0 Å². The van der Waals surface area contributed by atoms with Crippen molar-refractivity contribution >= 4 is 22.0 Å². The zero-order chi connectivity index (χ0) is 13.9. The van der Waals surface area contributed by atoms with Crippen LogP contribution in [-0.4, -0.2) is 50.1 Å². The standard InChI is InChI=1S/C11H19N3O4S/c15-10-8-12-11(16)14(10)7-6-13-19(17,18)9-4-2-1-3-5-9/h9,13H,1-8H2,(H,12,16). The maximum Gasteiger partial charge on any atom is 0.324 e. The predicted molar refractivity (Wildman–Crippen MR) is 68.9 cm³/mol. The van der Waals surface area contributed by atoms with E-state index >= 15 is 0 Å². The molecule has 0 unspecified atom stereocenters. The summed E-state index contributed by atoms with van der Waals surface area (Å²) in [6.45, 7) is 0.156. The van der Waals surface area contributed by atoms with E-state index in [2.05, 4.69) is 10.0 Å². The highest BCUT2D eigenvalue weighted by Crippen LogP contribution is 2.22. The van der Waals surface area contributed by atoms with Crippen LogP contribution in [0.15, 0.2) is 0 Å². The van der Waals surface area contributed by atoms with Crippen molar-refractivity contribution in [1.82, 2.24) is 14.9 Å². The molecule has 0 bridgehead atoms. The highest BCUT2D eigenvalue weighted by molar-refractivity contribution is 7.90. The van der Waals surface area contributed by atoms with Crippen molar-refractivity contribution in [3.05, 3.63) is 0 Å². The van der Waals surface area contributed by atoms with E-state index in [1.54, 1.807) is 0 Å². The summed E-state index contributed by atoms with van der Waals surface area (Å²) < 4.78 is 26.5. The fraction of sp³-hybridized carbons (Fsp3) is 0.818. The summed E-state index contributed by atoms with van der Waals surface area (Å²) in [4.78, 5) is 23.6. The second-order valence-corrected chi connectivity index (χ2v) is 6.95. The third kappa shape index (κ3) is 3.44. The van der Waals surface area contributed by atoms with Crippen molar-refractivity contribution in [2.24, 2.45) is 0 Å². The SMILES string of the molecule is O=C1CNC(=O)N1CCNS(=O)(=O)C1CCCCC1. The molecule has 0 aromatic rings. The number of hydrogen-bond donors (Lipinski definition) is 2. The molecule has 1 saturated carbocycles. The molecular weight excluding hydrogens is 270 g/mol. The molecule has 1 aliphatic heterocycles. The van der Waals surface area contributed by atoms with Gasteiger partial charge in [-0.1, -0.05) is 19.3 Å². The van der Waals surface area contributed by atoms with Crippen LogP contribution >= 0.6 is 0 Å². The van der Waals surface area contributed by atoms with Gasteiger partial charge in [0.1, 0.15) is 0 Å². The minimum absolute atomic E-state index is 0.00575. The quantitative estimate of drug-likeness (QED) is 0.685. The van der Waals surface area contributed by atoms with Crippen LogP contribution in [0.5, 0.6) is 0 Å². The van der Waals surface area contributed by atoms with Crippen molar-refractivity contribution in [2.75, 3.05) is 19.6 Å². The lowest BCUT2D eigenvalue weighted by atomic mass is 10.0. The molecule has 0 spiro atoms. The van der Waals surface area contributed by atoms with Gasteiger partial charge in [0, 0.05) is 13.1 Å². The number of hydrogen-bond acceptors (Lipinski definition) is 4. The van der Waals surface area contributed by atoms with E-state index in [-0.39, 0.29) is 30.8 Å². The van der Waals surface area contributed by atoms with Gasteiger partial charge in [0.25, 0.3) is 0 Å². The molecule has 8 heteroatoms. The zero-order valence-electron chi connectivity index (χ0n) is 10.7. The number of urea groups is 1. The van der Waals surface area contributed by atoms with E-state index in [4.69, 9.17) is 0 Å². The number of sulfonamides is 1. The average molecular weight is 289 g/mol. The van der Waals surface area contributed by atoms with E-state index in [1.807, 2.05) is 0 Å². The maximum absolute atomic E-state index is 12.0. The Kier molecular flexibility index (Phi) is 4.41. The van der Waals surface area contributed by atoms with Crippen molar-refractivity contribution in [1.29, 1.82) is 0 Å². The number of nitrogens with one attached hydrogen (secondary N) is 2. The third-order valence-electron chi connectivity index (χ3n) is 3.57. The second-order valence-electron chi connectivity index (χ2n) is 4.90. The molecule has 1 aliphatic carbocycles. The van der Waals surface area contributed by atoms with Gasteiger partial charge in [0.05, 0.1) is 11.8 Å². The predicted octanol–water partition coefficient (Wildman–Crippen LogP) is -0.210. The van der Waals surface area contributed by atoms with Crippen molar-refractivity contribution in [2.45, 2.75) is 37.4 Å². The molecule has 108 valence electrons. The Morgan fingerprint density at radius 2 is 1.89 bits per heavy atom. The van der Waals surface area contributed by atoms with E-state index < -0.39 is 16.1 Å². The minimum Gasteiger partial charge on any atom is -0.329 e. The van der Waals surface area contributed by atoms with Crippen molar-refractivity contribution < 1.29 is 18.0 Å². The number of nitrogens with zero attached hydrogens (tertiary/aromatic N) is 1. The summed E-state index contributed by atoms with van der Waals surface area (Å²) in [6, 6.07) is -0.457. The molecule has 19 heavy (non-hydrogen) atoms. The summed E-state index contributed by atoms with van der Waals surface area (Å²) in [7, 11) is -3.33. The molecule has 7 nitrogen and oxygen atoms in total. The van der Waals surface area contributed by atoms with Crippen LogP contribution < -0.4 is 10.0 Å². The number of carbonyl (C=O) groups is 2. The molecule has 0 atom stereocenters. The first-order chi connectivity index (χ1) is 9.00. The van der Waals surface area contributed by atoms with Crippen LogP contribution in [0, 0.1) is 0 Å². The van der Waals surface area contributed by atoms with E-state index in [1.165, 1.54) is 0 Å². The van der Waals surface area contributed by atoms with E-state index in [0.717, 1.165) is 24.2 Å². The van der Waals surface area contributed by atoms with Crippen LogP contribution in [0.3, 0.4) is 0 Å². The number of carbonyl (C=O) groups excluding carboxylic acids is 2. The van der Waals surface area contributed by atoms with Crippen LogP contribution in [-0.2, 0) is 14.8 Å². The highest BCUT2D eigenvalue weighted by Gasteiger charge is 2.30. The van der Waals surface area contributed by atoms with Gasteiger partial charge < -0.3 is 5.32 Å². The molecule has 3 amide bonds. The van der Waals surface area contributed by atoms with Gasteiger partial charge in [0.15, 0.2) is 0 Å². The normalized spacial score (nSPS) is 21.8. The summed E-state index contributed by atoms with van der Waals surface area (Å²) in [6.07, 6.45) is 4.36. The lowest BCUT2D eigenvalue weighted by Gasteiger charge is -2.22. The Morgan fingerprint density at radius 1 is 1.21 bits per heavy atom. The third-order valence-corrected chi connectivity index (χ3v) is 5.52. The molecule has 1 heterocycles. The van der Waals surface area contributed by atoms with Crippen molar-refractivity contribution in [3.63, 3.8) is 0 Å². The Labute approximate surface area is 112 Å². The second kappa shape index (κ2) is 5.87. The van der Waals surface area contributed by atoms with Gasteiger partial charge >= 0.3 is 6.03 Å². The molecule has 2 N–H and O–H groups in total. The van der Waals surface area contributed by atoms with Gasteiger partial charge in [-0.15, -0.1) is 0 Å². The first-order valence-electron chi connectivity index (χ1n) is 6.57. The lowest BCUT2D eigenvalue weighted by Crippen LogP contribution is -2.42. The number of imide groups is 1. The first kappa shape index (κ1) is 14.3. The van der Waals surface area contributed by atoms with E-state index in [0.29, 0.717) is 12.8 Å². The number of rotatable bonds is 5. The monoisotopic (exact) mass is 289 g/mol. The Morgan fingerprint density at radius 3 is 2.47 bits per heavy atom. The Hall–Kier alpha value is -1.15. The largest absolute Gasteiger partial charge is 0.329 e. The van der Waals surface area contributed by atoms with Gasteiger partial charge in [-0.3, -0.25) is 9.69 Å². The lowest BCUT2D eigenvalue weighted by molar-refractivity contribution is -0.124. The fourth-order valence-electron chi connectivity index (χ4n) is 2.47. The molecule has 0 aromatic carbocycles. The van der Waals surface area contributed by atoms with Crippen LogP contribution in [0.1, 0.15) is 32.1 Å². The maximum atomic E-state index is 12.0. The molecule has 2 fully saturated rings. The molecular formula is C11H19N3O4S. The fourth-order valence-corrected chi connectivity index (χ4v) is 4.04. The topological polar surface area (TPSA) is 95.6 Å². The van der Waals surface area contributed by atoms with Crippen molar-refractivity contribution in [3.8, 4) is 0 Å². The van der Waals surface area contributed by atoms with Gasteiger partial charge in [-0.25, -0.2) is 17.9 Å². The number of amides is 3. The van der Waals surface area contributed by atoms with E-state index in [9.17, 15) is 18.0 Å². The molecule has 2 aliphatic rings. The molecule has 2 rings (SSSR count). The Bertz CT molecular complexity index is 441.